The fourth-order valence-electron chi connectivity index (χ4n) is 2.68. The monoisotopic (exact) mass is 365 g/mol. The van der Waals surface area contributed by atoms with Crippen molar-refractivity contribution in [2.45, 2.75) is 19.9 Å². The molecule has 7 heteroatoms. The van der Waals surface area contributed by atoms with Crippen LogP contribution in [0.15, 0.2) is 59.7 Å². The topological polar surface area (TPSA) is 90.3 Å². The molecule has 0 unspecified atom stereocenters. The Morgan fingerprint density at radius 2 is 1.93 bits per heavy atom. The summed E-state index contributed by atoms with van der Waals surface area (Å²) in [5.41, 5.74) is 1.51. The molecule has 7 nitrogen and oxygen atoms in total. The van der Waals surface area contributed by atoms with Gasteiger partial charge in [-0.3, -0.25) is 19.0 Å². The van der Waals surface area contributed by atoms with Gasteiger partial charge in [0.15, 0.2) is 0 Å². The smallest absolute Gasteiger partial charge is 0.326 e. The lowest BCUT2D eigenvalue weighted by molar-refractivity contribution is -0.143. The SMILES string of the molecule is CCOC(=O)Cn1cnc2ccc(NC(=O)Cc3ccccc3)cc2c1=O. The molecule has 138 valence electrons. The lowest BCUT2D eigenvalue weighted by Crippen LogP contribution is -2.25. The van der Waals surface area contributed by atoms with Crippen molar-refractivity contribution in [2.24, 2.45) is 0 Å². The Kier molecular flexibility index (Phi) is 5.61. The van der Waals surface area contributed by atoms with Crippen LogP contribution in [0.5, 0.6) is 0 Å². The van der Waals surface area contributed by atoms with Crippen molar-refractivity contribution in [1.29, 1.82) is 0 Å². The highest BCUT2D eigenvalue weighted by Gasteiger charge is 2.10. The molecular formula is C20H19N3O4. The molecule has 0 fully saturated rings. The molecule has 3 aromatic rings. The molecular weight excluding hydrogens is 346 g/mol. The number of carbonyl (C=O) groups excluding carboxylic acids is 2. The quantitative estimate of drug-likeness (QED) is 0.676. The number of amides is 1. The minimum Gasteiger partial charge on any atom is -0.465 e. The Balaban J connectivity index is 1.81. The van der Waals surface area contributed by atoms with Gasteiger partial charge >= 0.3 is 5.97 Å². The highest BCUT2D eigenvalue weighted by atomic mass is 16.5. The zero-order valence-electron chi connectivity index (χ0n) is 14.8. The molecule has 1 aromatic heterocycles. The second kappa shape index (κ2) is 8.27. The molecule has 0 aliphatic rings. The molecule has 0 radical (unpaired) electrons. The molecule has 0 saturated carbocycles. The second-order valence-electron chi connectivity index (χ2n) is 5.93. The van der Waals surface area contributed by atoms with Crippen molar-refractivity contribution in [3.63, 3.8) is 0 Å². The predicted molar refractivity (Wildman–Crippen MR) is 101 cm³/mol. The third-order valence-electron chi connectivity index (χ3n) is 3.92. The number of rotatable bonds is 6. The number of benzene rings is 2. The van der Waals surface area contributed by atoms with Crippen LogP contribution in [-0.4, -0.2) is 28.0 Å². The minimum absolute atomic E-state index is 0.184. The number of hydrogen-bond donors (Lipinski definition) is 1. The first kappa shape index (κ1) is 18.3. The van der Waals surface area contributed by atoms with Gasteiger partial charge in [0.05, 0.1) is 30.3 Å². The van der Waals surface area contributed by atoms with Crippen molar-refractivity contribution >= 4 is 28.5 Å². The molecule has 1 N–H and O–H groups in total. The van der Waals surface area contributed by atoms with Crippen LogP contribution in [0, 0.1) is 0 Å². The van der Waals surface area contributed by atoms with Gasteiger partial charge in [-0.25, -0.2) is 4.98 Å². The molecule has 3 rings (SSSR count). The van der Waals surface area contributed by atoms with Gasteiger partial charge in [-0.2, -0.15) is 0 Å². The average molecular weight is 365 g/mol. The van der Waals surface area contributed by atoms with Crippen LogP contribution < -0.4 is 10.9 Å². The zero-order valence-corrected chi connectivity index (χ0v) is 14.8. The number of nitrogens with zero attached hydrogens (tertiary/aromatic N) is 2. The number of aromatic nitrogens is 2. The Hall–Kier alpha value is -3.48. The summed E-state index contributed by atoms with van der Waals surface area (Å²) in [7, 11) is 0. The largest absolute Gasteiger partial charge is 0.465 e. The number of carbonyl (C=O) groups is 2. The van der Waals surface area contributed by atoms with E-state index in [1.807, 2.05) is 30.3 Å². The maximum absolute atomic E-state index is 12.6. The van der Waals surface area contributed by atoms with Crippen LogP contribution in [0.4, 0.5) is 5.69 Å². The Labute approximate surface area is 155 Å². The number of anilines is 1. The number of hydrogen-bond acceptors (Lipinski definition) is 5. The van der Waals surface area contributed by atoms with Crippen LogP contribution >= 0.6 is 0 Å². The van der Waals surface area contributed by atoms with Gasteiger partial charge in [-0.1, -0.05) is 30.3 Å². The van der Waals surface area contributed by atoms with E-state index < -0.39 is 5.97 Å². The van der Waals surface area contributed by atoms with E-state index >= 15 is 0 Å². The maximum atomic E-state index is 12.6. The normalized spacial score (nSPS) is 10.6. The van der Waals surface area contributed by atoms with E-state index in [2.05, 4.69) is 10.3 Å². The van der Waals surface area contributed by atoms with Crippen LogP contribution in [-0.2, 0) is 27.3 Å². The van der Waals surface area contributed by atoms with E-state index in [1.165, 1.54) is 10.9 Å². The van der Waals surface area contributed by atoms with E-state index in [-0.39, 0.29) is 31.0 Å². The first-order valence-electron chi connectivity index (χ1n) is 8.55. The van der Waals surface area contributed by atoms with Gasteiger partial charge in [0.2, 0.25) is 5.91 Å². The Morgan fingerprint density at radius 1 is 1.15 bits per heavy atom. The van der Waals surface area contributed by atoms with Gasteiger partial charge in [0, 0.05) is 5.69 Å². The minimum atomic E-state index is -0.506. The van der Waals surface area contributed by atoms with E-state index in [0.717, 1.165) is 5.56 Å². The Morgan fingerprint density at radius 3 is 2.67 bits per heavy atom. The summed E-state index contributed by atoms with van der Waals surface area (Å²) in [5.74, 6) is -0.690. The third-order valence-corrected chi connectivity index (χ3v) is 3.92. The lowest BCUT2D eigenvalue weighted by Gasteiger charge is -2.09. The van der Waals surface area contributed by atoms with E-state index in [4.69, 9.17) is 4.74 Å². The van der Waals surface area contributed by atoms with Crippen LogP contribution in [0.3, 0.4) is 0 Å². The Bertz CT molecular complexity index is 1030. The molecule has 27 heavy (non-hydrogen) atoms. The fourth-order valence-corrected chi connectivity index (χ4v) is 2.68. The fraction of sp³-hybridized carbons (Fsp3) is 0.200. The molecule has 0 bridgehead atoms. The van der Waals surface area contributed by atoms with Crippen LogP contribution in [0.25, 0.3) is 10.9 Å². The summed E-state index contributed by atoms with van der Waals surface area (Å²) >= 11 is 0. The standard InChI is InChI=1S/C20H19N3O4/c1-2-27-19(25)12-23-13-21-17-9-8-15(11-16(17)20(23)26)22-18(24)10-14-6-4-3-5-7-14/h3-9,11,13H,2,10,12H2,1H3,(H,22,24). The van der Waals surface area contributed by atoms with Crippen molar-refractivity contribution in [3.05, 3.63) is 70.8 Å². The average Bonchev–Trinajstić information content (AvgIpc) is 2.65. The van der Waals surface area contributed by atoms with Crippen molar-refractivity contribution in [3.8, 4) is 0 Å². The summed E-state index contributed by atoms with van der Waals surface area (Å²) < 4.78 is 6.05. The number of ether oxygens (including phenoxy) is 1. The summed E-state index contributed by atoms with van der Waals surface area (Å²) in [6, 6.07) is 14.3. The van der Waals surface area contributed by atoms with E-state index in [0.29, 0.717) is 16.6 Å². The first-order chi connectivity index (χ1) is 13.1. The number of esters is 1. The molecule has 1 amide bonds. The number of fused-ring (bicyclic) bond motifs is 1. The maximum Gasteiger partial charge on any atom is 0.326 e. The number of nitrogens with one attached hydrogen (secondary N) is 1. The molecule has 2 aromatic carbocycles. The van der Waals surface area contributed by atoms with Gasteiger partial charge in [-0.15, -0.1) is 0 Å². The second-order valence-corrected chi connectivity index (χ2v) is 5.93. The summed E-state index contributed by atoms with van der Waals surface area (Å²) in [6.45, 7) is 1.73. The van der Waals surface area contributed by atoms with E-state index in [1.54, 1.807) is 25.1 Å². The molecule has 0 aliphatic carbocycles. The third kappa shape index (κ3) is 4.58. The molecule has 0 saturated heterocycles. The van der Waals surface area contributed by atoms with Gasteiger partial charge in [-0.05, 0) is 30.7 Å². The van der Waals surface area contributed by atoms with E-state index in [9.17, 15) is 14.4 Å². The summed E-state index contributed by atoms with van der Waals surface area (Å²) in [6.07, 6.45) is 1.55. The van der Waals surface area contributed by atoms with Crippen LogP contribution in [0.2, 0.25) is 0 Å². The molecule has 0 atom stereocenters. The molecule has 0 aliphatic heterocycles. The van der Waals surface area contributed by atoms with Crippen molar-refractivity contribution < 1.29 is 14.3 Å². The highest BCUT2D eigenvalue weighted by Crippen LogP contribution is 2.15. The lowest BCUT2D eigenvalue weighted by atomic mass is 10.1. The molecule has 0 spiro atoms. The highest BCUT2D eigenvalue weighted by molar-refractivity contribution is 5.94. The van der Waals surface area contributed by atoms with Gasteiger partial charge in [0.1, 0.15) is 6.54 Å². The predicted octanol–water partition coefficient (Wildman–Crippen LogP) is 2.14. The zero-order chi connectivity index (χ0) is 19.2. The van der Waals surface area contributed by atoms with Crippen molar-refractivity contribution in [1.82, 2.24) is 9.55 Å². The molecule has 1 heterocycles. The first-order valence-corrected chi connectivity index (χ1v) is 8.55. The van der Waals surface area contributed by atoms with Gasteiger partial charge in [0.25, 0.3) is 5.56 Å². The van der Waals surface area contributed by atoms with Gasteiger partial charge < -0.3 is 10.1 Å². The summed E-state index contributed by atoms with van der Waals surface area (Å²) in [4.78, 5) is 40.6. The van der Waals surface area contributed by atoms with Crippen LogP contribution in [0.1, 0.15) is 12.5 Å². The van der Waals surface area contributed by atoms with Crippen molar-refractivity contribution in [2.75, 3.05) is 11.9 Å². The summed E-state index contributed by atoms with van der Waals surface area (Å²) in [5, 5.41) is 3.10.